The molecule has 9 heavy (non-hydrogen) atoms. The topological polar surface area (TPSA) is 29.5 Å². The molecule has 0 amide bonds. The fourth-order valence-electron chi connectivity index (χ4n) is 0.877. The van der Waals surface area contributed by atoms with E-state index in [1.807, 2.05) is 6.92 Å². The Kier molecular flexibility index (Phi) is 2.82. The van der Waals surface area contributed by atoms with Crippen LogP contribution in [-0.4, -0.2) is 35.4 Å². The molecular formula is C6H12O2S. The van der Waals surface area contributed by atoms with Crippen LogP contribution in [0.4, 0.5) is 0 Å². The molecular weight excluding hydrogens is 136 g/mol. The zero-order chi connectivity index (χ0) is 6.69. The Balaban J connectivity index is 2.30. The lowest BCUT2D eigenvalue weighted by Gasteiger charge is -2.26. The monoisotopic (exact) mass is 148 g/mol. The van der Waals surface area contributed by atoms with Crippen LogP contribution < -0.4 is 0 Å². The summed E-state index contributed by atoms with van der Waals surface area (Å²) in [4.78, 5) is 0. The second-order valence-electron chi connectivity index (χ2n) is 2.17. The van der Waals surface area contributed by atoms with Gasteiger partial charge in [0, 0.05) is 5.75 Å². The molecule has 0 bridgehead atoms. The third kappa shape index (κ3) is 1.85. The first-order chi connectivity index (χ1) is 4.34. The highest BCUT2D eigenvalue weighted by atomic mass is 32.2. The van der Waals surface area contributed by atoms with Crippen LogP contribution >= 0.6 is 11.8 Å². The van der Waals surface area contributed by atoms with Gasteiger partial charge in [0.15, 0.2) is 0 Å². The summed E-state index contributed by atoms with van der Waals surface area (Å²) in [5.41, 5.74) is 0. The van der Waals surface area contributed by atoms with E-state index in [0.29, 0.717) is 5.25 Å². The van der Waals surface area contributed by atoms with Gasteiger partial charge in [-0.15, -0.1) is 0 Å². The van der Waals surface area contributed by atoms with E-state index in [9.17, 15) is 0 Å². The van der Waals surface area contributed by atoms with Crippen LogP contribution in [0.3, 0.4) is 0 Å². The Morgan fingerprint density at radius 2 is 2.56 bits per heavy atom. The molecule has 0 aliphatic carbocycles. The average Bonchev–Trinajstić information content (AvgIpc) is 1.89. The van der Waals surface area contributed by atoms with E-state index in [0.717, 1.165) is 12.4 Å². The molecule has 1 fully saturated rings. The minimum absolute atomic E-state index is 0.230. The molecule has 2 nitrogen and oxygen atoms in total. The highest BCUT2D eigenvalue weighted by Crippen LogP contribution is 2.20. The van der Waals surface area contributed by atoms with Gasteiger partial charge >= 0.3 is 0 Å². The van der Waals surface area contributed by atoms with Gasteiger partial charge in [-0.2, -0.15) is 11.8 Å². The highest BCUT2D eigenvalue weighted by molar-refractivity contribution is 8.00. The molecule has 1 aliphatic heterocycles. The molecule has 2 unspecified atom stereocenters. The molecule has 1 rings (SSSR count). The molecule has 54 valence electrons. The third-order valence-corrected chi connectivity index (χ3v) is 2.86. The maximum Gasteiger partial charge on any atom is 0.0688 e. The van der Waals surface area contributed by atoms with Gasteiger partial charge in [-0.3, -0.25) is 0 Å². The number of thioether (sulfide) groups is 1. The lowest BCUT2D eigenvalue weighted by molar-refractivity contribution is 0.0560. The van der Waals surface area contributed by atoms with Crippen molar-refractivity contribution in [3.63, 3.8) is 0 Å². The Hall–Kier alpha value is 0.270. The van der Waals surface area contributed by atoms with E-state index >= 15 is 0 Å². The Labute approximate surface area is 59.6 Å². The SMILES string of the molecule is CC1OCCSC1CO. The summed E-state index contributed by atoms with van der Waals surface area (Å²) in [7, 11) is 0. The zero-order valence-electron chi connectivity index (χ0n) is 5.54. The van der Waals surface area contributed by atoms with Crippen molar-refractivity contribution >= 4 is 11.8 Å². The predicted molar refractivity (Wildman–Crippen MR) is 38.7 cm³/mol. The minimum atomic E-state index is 0.230. The Morgan fingerprint density at radius 1 is 1.78 bits per heavy atom. The molecule has 1 heterocycles. The van der Waals surface area contributed by atoms with Crippen LogP contribution in [0.5, 0.6) is 0 Å². The molecule has 0 aromatic rings. The van der Waals surface area contributed by atoms with Gasteiger partial charge in [-0.25, -0.2) is 0 Å². The zero-order valence-corrected chi connectivity index (χ0v) is 6.36. The van der Waals surface area contributed by atoms with Crippen LogP contribution in [0.1, 0.15) is 6.92 Å². The molecule has 3 heteroatoms. The summed E-state index contributed by atoms with van der Waals surface area (Å²) in [6.45, 7) is 3.08. The maximum atomic E-state index is 8.76. The first-order valence-corrected chi connectivity index (χ1v) is 4.23. The van der Waals surface area contributed by atoms with E-state index in [4.69, 9.17) is 9.84 Å². The lowest BCUT2D eigenvalue weighted by atomic mass is 10.3. The van der Waals surface area contributed by atoms with Gasteiger partial charge in [0.2, 0.25) is 0 Å². The van der Waals surface area contributed by atoms with Crippen LogP contribution in [0.15, 0.2) is 0 Å². The van der Waals surface area contributed by atoms with Gasteiger partial charge in [0.05, 0.1) is 24.6 Å². The number of hydrogen-bond acceptors (Lipinski definition) is 3. The fraction of sp³-hybridized carbons (Fsp3) is 1.00. The van der Waals surface area contributed by atoms with Crippen molar-refractivity contribution in [2.24, 2.45) is 0 Å². The minimum Gasteiger partial charge on any atom is -0.395 e. The van der Waals surface area contributed by atoms with Crippen LogP contribution in [0.2, 0.25) is 0 Å². The van der Waals surface area contributed by atoms with Crippen molar-refractivity contribution in [2.45, 2.75) is 18.3 Å². The van der Waals surface area contributed by atoms with Gasteiger partial charge < -0.3 is 9.84 Å². The van der Waals surface area contributed by atoms with E-state index in [2.05, 4.69) is 0 Å². The normalized spacial score (nSPS) is 36.7. The van der Waals surface area contributed by atoms with Crippen LogP contribution in [-0.2, 0) is 4.74 Å². The number of hydrogen-bond donors (Lipinski definition) is 1. The lowest BCUT2D eigenvalue weighted by Crippen LogP contribution is -2.32. The third-order valence-electron chi connectivity index (χ3n) is 1.50. The van der Waals surface area contributed by atoms with Gasteiger partial charge in [0.25, 0.3) is 0 Å². The second kappa shape index (κ2) is 3.44. The quantitative estimate of drug-likeness (QED) is 0.587. The summed E-state index contributed by atoms with van der Waals surface area (Å²) < 4.78 is 5.30. The van der Waals surface area contributed by atoms with E-state index < -0.39 is 0 Å². The molecule has 0 radical (unpaired) electrons. The number of rotatable bonds is 1. The molecule has 1 saturated heterocycles. The molecule has 0 aromatic heterocycles. The summed E-state index contributed by atoms with van der Waals surface area (Å²) >= 11 is 1.80. The molecule has 1 N–H and O–H groups in total. The largest absolute Gasteiger partial charge is 0.395 e. The Bertz CT molecular complexity index is 87.1. The van der Waals surface area contributed by atoms with Crippen molar-refractivity contribution in [2.75, 3.05) is 19.0 Å². The first kappa shape index (κ1) is 7.38. The summed E-state index contributed by atoms with van der Waals surface area (Å²) in [5, 5.41) is 9.07. The molecule has 0 aromatic carbocycles. The summed E-state index contributed by atoms with van der Waals surface area (Å²) in [6.07, 6.45) is 0.230. The molecule has 1 aliphatic rings. The van der Waals surface area contributed by atoms with Crippen molar-refractivity contribution in [1.29, 1.82) is 0 Å². The number of aliphatic hydroxyl groups is 1. The fourth-order valence-corrected chi connectivity index (χ4v) is 1.83. The predicted octanol–water partition coefficient (Wildman–Crippen LogP) is 0.499. The maximum absolute atomic E-state index is 8.76. The van der Waals surface area contributed by atoms with Crippen molar-refractivity contribution < 1.29 is 9.84 Å². The van der Waals surface area contributed by atoms with Gasteiger partial charge in [0.1, 0.15) is 0 Å². The Morgan fingerprint density at radius 3 is 3.00 bits per heavy atom. The number of aliphatic hydroxyl groups excluding tert-OH is 1. The van der Waals surface area contributed by atoms with Crippen molar-refractivity contribution in [3.8, 4) is 0 Å². The van der Waals surface area contributed by atoms with Gasteiger partial charge in [-0.1, -0.05) is 0 Å². The molecule has 2 atom stereocenters. The van der Waals surface area contributed by atoms with E-state index in [1.54, 1.807) is 11.8 Å². The summed E-state index contributed by atoms with van der Waals surface area (Å²) in [5.74, 6) is 1.02. The van der Waals surface area contributed by atoms with E-state index in [1.165, 1.54) is 0 Å². The number of ether oxygens (including phenoxy) is 1. The highest BCUT2D eigenvalue weighted by Gasteiger charge is 2.20. The smallest absolute Gasteiger partial charge is 0.0688 e. The first-order valence-electron chi connectivity index (χ1n) is 3.18. The second-order valence-corrected chi connectivity index (χ2v) is 3.51. The van der Waals surface area contributed by atoms with Crippen molar-refractivity contribution in [1.82, 2.24) is 0 Å². The van der Waals surface area contributed by atoms with Crippen LogP contribution in [0, 0.1) is 0 Å². The summed E-state index contributed by atoms with van der Waals surface area (Å²) in [6, 6.07) is 0. The van der Waals surface area contributed by atoms with Crippen molar-refractivity contribution in [3.05, 3.63) is 0 Å². The van der Waals surface area contributed by atoms with Gasteiger partial charge in [-0.05, 0) is 6.92 Å². The standard InChI is InChI=1S/C6H12O2S/c1-5-6(4-7)9-3-2-8-5/h5-7H,2-4H2,1H3. The average molecular weight is 148 g/mol. The van der Waals surface area contributed by atoms with Crippen LogP contribution in [0.25, 0.3) is 0 Å². The van der Waals surface area contributed by atoms with E-state index in [-0.39, 0.29) is 12.7 Å². The molecule has 0 saturated carbocycles. The molecule has 0 spiro atoms.